The average Bonchev–Trinajstić information content (AvgIpc) is 2.96. The third-order valence-electron chi connectivity index (χ3n) is 4.57. The van der Waals surface area contributed by atoms with E-state index < -0.39 is 9.84 Å². The molecule has 0 bridgehead atoms. The Morgan fingerprint density at radius 3 is 2.68 bits per heavy atom. The van der Waals surface area contributed by atoms with E-state index in [-0.39, 0.29) is 23.6 Å². The van der Waals surface area contributed by atoms with E-state index in [1.165, 1.54) is 0 Å². The van der Waals surface area contributed by atoms with Crippen LogP contribution in [0.1, 0.15) is 31.9 Å². The van der Waals surface area contributed by atoms with E-state index in [1.54, 1.807) is 6.20 Å². The summed E-state index contributed by atoms with van der Waals surface area (Å²) in [4.78, 5) is 11.0. The Morgan fingerprint density at radius 2 is 2.04 bits per heavy atom. The molecule has 2 heterocycles. The highest BCUT2D eigenvalue weighted by molar-refractivity contribution is 7.91. The maximum absolute atomic E-state index is 11.8. The molecule has 0 saturated carbocycles. The van der Waals surface area contributed by atoms with Gasteiger partial charge in [-0.3, -0.25) is 0 Å². The molecular formula is C18H24N4O2S. The standard InChI is InChI=1S/C18H24N4O2S/c1-3-22(16-10-12-25(23,24)13-16)17-9-11-19-18(21-17)20-14(2)15-7-5-4-6-8-15/h4-9,11,14,16H,3,10,12-13H2,1-2H3,(H,19,20,21). The van der Waals surface area contributed by atoms with Gasteiger partial charge in [0.15, 0.2) is 9.84 Å². The van der Waals surface area contributed by atoms with E-state index in [2.05, 4.69) is 39.2 Å². The summed E-state index contributed by atoms with van der Waals surface area (Å²) in [6.07, 6.45) is 2.37. The lowest BCUT2D eigenvalue weighted by atomic mass is 10.1. The number of rotatable bonds is 6. The topological polar surface area (TPSA) is 75.2 Å². The summed E-state index contributed by atoms with van der Waals surface area (Å²) < 4.78 is 23.6. The van der Waals surface area contributed by atoms with Gasteiger partial charge >= 0.3 is 0 Å². The molecule has 2 atom stereocenters. The molecule has 1 aliphatic rings. The van der Waals surface area contributed by atoms with E-state index in [4.69, 9.17) is 0 Å². The highest BCUT2D eigenvalue weighted by Gasteiger charge is 2.32. The Bertz CT molecular complexity index is 811. The Labute approximate surface area is 149 Å². The molecule has 1 aromatic carbocycles. The smallest absolute Gasteiger partial charge is 0.225 e. The van der Waals surface area contributed by atoms with Crippen LogP contribution in [-0.2, 0) is 9.84 Å². The number of sulfone groups is 1. The van der Waals surface area contributed by atoms with Crippen LogP contribution in [0.3, 0.4) is 0 Å². The first-order valence-corrected chi connectivity index (χ1v) is 10.4. The number of anilines is 2. The number of benzene rings is 1. The maximum atomic E-state index is 11.8. The van der Waals surface area contributed by atoms with Crippen molar-refractivity contribution in [1.82, 2.24) is 9.97 Å². The van der Waals surface area contributed by atoms with Crippen LogP contribution in [0.15, 0.2) is 42.6 Å². The van der Waals surface area contributed by atoms with Gasteiger partial charge in [0.05, 0.1) is 17.5 Å². The number of hydrogen-bond donors (Lipinski definition) is 1. The summed E-state index contributed by atoms with van der Waals surface area (Å²) >= 11 is 0. The fraction of sp³-hybridized carbons (Fsp3) is 0.444. The lowest BCUT2D eigenvalue weighted by Crippen LogP contribution is -2.36. The lowest BCUT2D eigenvalue weighted by Gasteiger charge is -2.28. The first-order valence-electron chi connectivity index (χ1n) is 8.60. The number of nitrogens with one attached hydrogen (secondary N) is 1. The molecule has 1 aliphatic heterocycles. The molecule has 1 fully saturated rings. The molecule has 1 saturated heterocycles. The minimum atomic E-state index is -2.92. The van der Waals surface area contributed by atoms with Gasteiger partial charge in [0.2, 0.25) is 5.95 Å². The van der Waals surface area contributed by atoms with Crippen LogP contribution in [0.25, 0.3) is 0 Å². The summed E-state index contributed by atoms with van der Waals surface area (Å²) in [5.74, 6) is 1.78. The lowest BCUT2D eigenvalue weighted by molar-refractivity contribution is 0.599. The molecule has 3 rings (SSSR count). The zero-order valence-corrected chi connectivity index (χ0v) is 15.4. The molecule has 2 aromatic rings. The average molecular weight is 360 g/mol. The van der Waals surface area contributed by atoms with Gasteiger partial charge in [-0.15, -0.1) is 0 Å². The summed E-state index contributed by atoms with van der Waals surface area (Å²) in [6, 6.07) is 12.0. The molecular weight excluding hydrogens is 336 g/mol. The van der Waals surface area contributed by atoms with Crippen LogP contribution in [-0.4, -0.2) is 42.5 Å². The molecule has 0 amide bonds. The van der Waals surface area contributed by atoms with Gasteiger partial charge in [-0.05, 0) is 31.9 Å². The molecule has 0 spiro atoms. The predicted molar refractivity (Wildman–Crippen MR) is 101 cm³/mol. The normalized spacial score (nSPS) is 20.2. The van der Waals surface area contributed by atoms with Gasteiger partial charge in [0, 0.05) is 18.8 Å². The van der Waals surface area contributed by atoms with Gasteiger partial charge < -0.3 is 10.2 Å². The highest BCUT2D eigenvalue weighted by atomic mass is 32.2. The molecule has 1 aromatic heterocycles. The van der Waals surface area contributed by atoms with Gasteiger partial charge in [0.25, 0.3) is 0 Å². The zero-order chi connectivity index (χ0) is 17.9. The third-order valence-corrected chi connectivity index (χ3v) is 6.32. The van der Waals surface area contributed by atoms with E-state index in [1.807, 2.05) is 31.2 Å². The number of hydrogen-bond acceptors (Lipinski definition) is 6. The molecule has 1 N–H and O–H groups in total. The summed E-state index contributed by atoms with van der Waals surface area (Å²) in [5.41, 5.74) is 1.16. The Balaban J connectivity index is 1.76. The molecule has 134 valence electrons. The van der Waals surface area contributed by atoms with E-state index in [0.717, 1.165) is 11.4 Å². The fourth-order valence-corrected chi connectivity index (χ4v) is 4.96. The predicted octanol–water partition coefficient (Wildman–Crippen LogP) is 2.66. The maximum Gasteiger partial charge on any atom is 0.225 e. The number of aromatic nitrogens is 2. The van der Waals surface area contributed by atoms with Crippen LogP contribution in [0.5, 0.6) is 0 Å². The van der Waals surface area contributed by atoms with Crippen molar-refractivity contribution in [3.8, 4) is 0 Å². The molecule has 6 nitrogen and oxygen atoms in total. The van der Waals surface area contributed by atoms with Crippen LogP contribution in [0, 0.1) is 0 Å². The van der Waals surface area contributed by atoms with Crippen LogP contribution >= 0.6 is 0 Å². The first kappa shape index (κ1) is 17.7. The van der Waals surface area contributed by atoms with Gasteiger partial charge in [0.1, 0.15) is 5.82 Å². The SMILES string of the molecule is CCN(c1ccnc(NC(C)c2ccccc2)n1)C1CCS(=O)(=O)C1. The summed E-state index contributed by atoms with van der Waals surface area (Å²) in [6.45, 7) is 4.80. The monoisotopic (exact) mass is 360 g/mol. The van der Waals surface area contributed by atoms with E-state index >= 15 is 0 Å². The molecule has 0 radical (unpaired) electrons. The summed E-state index contributed by atoms with van der Waals surface area (Å²) in [7, 11) is -2.92. The minimum Gasteiger partial charge on any atom is -0.353 e. The second-order valence-electron chi connectivity index (χ2n) is 6.36. The van der Waals surface area contributed by atoms with Crippen molar-refractivity contribution < 1.29 is 8.42 Å². The van der Waals surface area contributed by atoms with Gasteiger partial charge in [-0.25, -0.2) is 13.4 Å². The second kappa shape index (κ2) is 7.39. The van der Waals surface area contributed by atoms with Crippen molar-refractivity contribution in [3.63, 3.8) is 0 Å². The quantitative estimate of drug-likeness (QED) is 0.854. The highest BCUT2D eigenvalue weighted by Crippen LogP contribution is 2.24. The Kier molecular flexibility index (Phi) is 5.22. The van der Waals surface area contributed by atoms with Crippen molar-refractivity contribution in [3.05, 3.63) is 48.2 Å². The Morgan fingerprint density at radius 1 is 1.28 bits per heavy atom. The van der Waals surface area contributed by atoms with Crippen LogP contribution in [0.4, 0.5) is 11.8 Å². The molecule has 0 aliphatic carbocycles. The van der Waals surface area contributed by atoms with Crippen LogP contribution < -0.4 is 10.2 Å². The summed E-state index contributed by atoms with van der Waals surface area (Å²) in [5, 5.41) is 3.32. The van der Waals surface area contributed by atoms with E-state index in [9.17, 15) is 8.42 Å². The third kappa shape index (κ3) is 4.28. The van der Waals surface area contributed by atoms with Crippen LogP contribution in [0.2, 0.25) is 0 Å². The molecule has 7 heteroatoms. The second-order valence-corrected chi connectivity index (χ2v) is 8.59. The van der Waals surface area contributed by atoms with Crippen molar-refractivity contribution in [2.75, 3.05) is 28.3 Å². The zero-order valence-electron chi connectivity index (χ0n) is 14.6. The van der Waals surface area contributed by atoms with Crippen molar-refractivity contribution in [1.29, 1.82) is 0 Å². The van der Waals surface area contributed by atoms with Gasteiger partial charge in [-0.1, -0.05) is 30.3 Å². The van der Waals surface area contributed by atoms with E-state index in [0.29, 0.717) is 18.9 Å². The van der Waals surface area contributed by atoms with Crippen molar-refractivity contribution >= 4 is 21.6 Å². The first-order chi connectivity index (χ1) is 12.0. The molecule has 2 unspecified atom stereocenters. The fourth-order valence-electron chi connectivity index (χ4n) is 3.23. The molecule has 25 heavy (non-hydrogen) atoms. The Hall–Kier alpha value is -2.15. The number of nitrogens with zero attached hydrogens (tertiary/aromatic N) is 3. The largest absolute Gasteiger partial charge is 0.353 e. The minimum absolute atomic E-state index is 0.00991. The van der Waals surface area contributed by atoms with Gasteiger partial charge in [-0.2, -0.15) is 4.98 Å². The van der Waals surface area contributed by atoms with Crippen molar-refractivity contribution in [2.24, 2.45) is 0 Å². The van der Waals surface area contributed by atoms with Crippen molar-refractivity contribution in [2.45, 2.75) is 32.4 Å².